The van der Waals surface area contributed by atoms with Crippen molar-refractivity contribution < 1.29 is 18.3 Å². The molecule has 1 atom stereocenters. The summed E-state index contributed by atoms with van der Waals surface area (Å²) < 4.78 is 34.2. The first-order chi connectivity index (χ1) is 14.0. The number of anilines is 2. The van der Waals surface area contributed by atoms with Crippen LogP contribution in [0.4, 0.5) is 25.0 Å². The van der Waals surface area contributed by atoms with E-state index in [1.165, 1.54) is 15.6 Å². The summed E-state index contributed by atoms with van der Waals surface area (Å²) in [7, 11) is 0. The minimum absolute atomic E-state index is 0.159. The van der Waals surface area contributed by atoms with Crippen LogP contribution in [0, 0.1) is 23.1 Å². The topological polar surface area (TPSA) is 87.3 Å². The molecule has 0 bridgehead atoms. The second-order valence-electron chi connectivity index (χ2n) is 6.93. The molecule has 10 heteroatoms. The van der Waals surface area contributed by atoms with Crippen LogP contribution in [0.2, 0.25) is 0 Å². The lowest BCUT2D eigenvalue weighted by Crippen LogP contribution is -2.31. The maximum Gasteiger partial charge on any atom is 0.414 e. The summed E-state index contributed by atoms with van der Waals surface area (Å²) in [6.07, 6.45) is 2.97. The first-order valence-electron chi connectivity index (χ1n) is 9.19. The van der Waals surface area contributed by atoms with E-state index in [-0.39, 0.29) is 13.1 Å². The maximum atomic E-state index is 14.8. The van der Waals surface area contributed by atoms with Gasteiger partial charge in [0.15, 0.2) is 0 Å². The third-order valence-corrected chi connectivity index (χ3v) is 5.03. The van der Waals surface area contributed by atoms with E-state index in [0.29, 0.717) is 24.5 Å². The lowest BCUT2D eigenvalue weighted by atomic mass is 10.0. The Labute approximate surface area is 165 Å². The molecule has 0 saturated carbocycles. The summed E-state index contributed by atoms with van der Waals surface area (Å²) in [6.45, 7) is 1.62. The molecular formula is C19H18F2N6O2. The molecule has 8 nitrogen and oxygen atoms in total. The highest BCUT2D eigenvalue weighted by molar-refractivity contribution is 5.90. The van der Waals surface area contributed by atoms with E-state index in [1.54, 1.807) is 18.2 Å². The number of amides is 1. The first kappa shape index (κ1) is 18.9. The minimum atomic E-state index is -0.711. The van der Waals surface area contributed by atoms with Gasteiger partial charge in [0, 0.05) is 19.2 Å². The Bertz CT molecular complexity index is 989. The summed E-state index contributed by atoms with van der Waals surface area (Å²) in [5, 5.41) is 15.6. The number of benzene rings is 1. The highest BCUT2D eigenvalue weighted by atomic mass is 19.1. The lowest BCUT2D eigenvalue weighted by Gasteiger charge is -2.30. The van der Waals surface area contributed by atoms with Crippen LogP contribution in [0.3, 0.4) is 0 Å². The number of nitrogens with zero attached hydrogens (tertiary/aromatic N) is 6. The van der Waals surface area contributed by atoms with E-state index in [9.17, 15) is 13.6 Å². The second kappa shape index (κ2) is 7.87. The van der Waals surface area contributed by atoms with E-state index in [1.807, 2.05) is 11.0 Å². The number of nitriles is 1. The molecule has 2 aromatic rings. The zero-order chi connectivity index (χ0) is 20.4. The Hall–Kier alpha value is -3.48. The number of piperidine rings is 1. The molecule has 2 saturated heterocycles. The van der Waals surface area contributed by atoms with Crippen LogP contribution in [-0.4, -0.2) is 46.8 Å². The predicted molar refractivity (Wildman–Crippen MR) is 99.1 cm³/mol. The van der Waals surface area contributed by atoms with Gasteiger partial charge in [-0.1, -0.05) is 15.9 Å². The summed E-state index contributed by atoms with van der Waals surface area (Å²) in [4.78, 5) is 15.5. The van der Waals surface area contributed by atoms with Crippen molar-refractivity contribution in [3.05, 3.63) is 47.8 Å². The fraction of sp³-hybridized carbons (Fsp3) is 0.368. The van der Waals surface area contributed by atoms with Gasteiger partial charge >= 0.3 is 6.09 Å². The molecular weight excluding hydrogens is 382 g/mol. The predicted octanol–water partition coefficient (Wildman–Crippen LogP) is 2.63. The van der Waals surface area contributed by atoms with Crippen LogP contribution in [0.1, 0.15) is 12.8 Å². The van der Waals surface area contributed by atoms with Crippen LogP contribution in [0.15, 0.2) is 36.0 Å². The van der Waals surface area contributed by atoms with Crippen molar-refractivity contribution in [3.8, 4) is 6.07 Å². The number of ether oxygens (including phenoxy) is 1. The largest absolute Gasteiger partial charge is 0.442 e. The van der Waals surface area contributed by atoms with Crippen LogP contribution in [-0.2, 0) is 11.3 Å². The minimum Gasteiger partial charge on any atom is -0.442 e. The van der Waals surface area contributed by atoms with Gasteiger partial charge in [-0.25, -0.2) is 13.9 Å². The molecule has 2 aliphatic rings. The zero-order valence-electron chi connectivity index (χ0n) is 15.5. The fourth-order valence-electron chi connectivity index (χ4n) is 3.59. The molecule has 1 aromatic heterocycles. The van der Waals surface area contributed by atoms with E-state index < -0.39 is 24.0 Å². The van der Waals surface area contributed by atoms with Crippen LogP contribution in [0.25, 0.3) is 0 Å². The molecule has 2 aliphatic heterocycles. The summed E-state index contributed by atoms with van der Waals surface area (Å²) in [5.74, 6) is -1.14. The molecule has 150 valence electrons. The number of allylic oxidation sites excluding steroid dienone is 1. The van der Waals surface area contributed by atoms with Gasteiger partial charge in [0.25, 0.3) is 5.95 Å². The molecule has 1 amide bonds. The Morgan fingerprint density at radius 2 is 2.10 bits per heavy atom. The first-order valence-corrected chi connectivity index (χ1v) is 9.19. The molecule has 2 fully saturated rings. The third-order valence-electron chi connectivity index (χ3n) is 5.03. The Kier molecular flexibility index (Phi) is 5.12. The zero-order valence-corrected chi connectivity index (χ0v) is 15.5. The average Bonchev–Trinajstić information content (AvgIpc) is 3.28. The van der Waals surface area contributed by atoms with Crippen molar-refractivity contribution in [3.63, 3.8) is 0 Å². The smallest absolute Gasteiger partial charge is 0.414 e. The van der Waals surface area contributed by atoms with E-state index >= 15 is 0 Å². The molecule has 1 aromatic carbocycles. The number of halogens is 2. The number of hydrogen-bond donors (Lipinski definition) is 0. The summed E-state index contributed by atoms with van der Waals surface area (Å²) >= 11 is 0. The number of hydrogen-bond acceptors (Lipinski definition) is 6. The van der Waals surface area contributed by atoms with Crippen LogP contribution < -0.4 is 9.80 Å². The van der Waals surface area contributed by atoms with Crippen molar-refractivity contribution in [1.29, 1.82) is 5.26 Å². The number of rotatable bonds is 4. The lowest BCUT2D eigenvalue weighted by molar-refractivity contribution is 0.129. The van der Waals surface area contributed by atoms with Gasteiger partial charge in [-0.2, -0.15) is 9.65 Å². The van der Waals surface area contributed by atoms with Gasteiger partial charge < -0.3 is 9.64 Å². The van der Waals surface area contributed by atoms with Gasteiger partial charge in [0.2, 0.25) is 0 Å². The number of carbonyl (C=O) groups excluding carboxylic acids is 1. The molecule has 0 unspecified atom stereocenters. The number of carbonyl (C=O) groups is 1. The van der Waals surface area contributed by atoms with Crippen molar-refractivity contribution in [2.45, 2.75) is 25.5 Å². The molecule has 29 heavy (non-hydrogen) atoms. The fourth-order valence-corrected chi connectivity index (χ4v) is 3.59. The van der Waals surface area contributed by atoms with Gasteiger partial charge in [-0.3, -0.25) is 4.90 Å². The summed E-state index contributed by atoms with van der Waals surface area (Å²) in [6, 6.07) is 6.68. The summed E-state index contributed by atoms with van der Waals surface area (Å²) in [5.41, 5.74) is 1.93. The van der Waals surface area contributed by atoms with Crippen molar-refractivity contribution in [2.24, 2.45) is 0 Å². The van der Waals surface area contributed by atoms with Gasteiger partial charge in [-0.05, 0) is 31.0 Å². The molecule has 0 aliphatic carbocycles. The monoisotopic (exact) mass is 400 g/mol. The highest BCUT2D eigenvalue weighted by Crippen LogP contribution is 2.30. The molecule has 4 rings (SSSR count). The average molecular weight is 400 g/mol. The van der Waals surface area contributed by atoms with Crippen LogP contribution in [0.5, 0.6) is 0 Å². The number of aromatic nitrogens is 3. The molecule has 3 heterocycles. The highest BCUT2D eigenvalue weighted by Gasteiger charge is 2.33. The van der Waals surface area contributed by atoms with Crippen molar-refractivity contribution in [2.75, 3.05) is 29.4 Å². The Morgan fingerprint density at radius 1 is 1.31 bits per heavy atom. The SMILES string of the molecule is N#CC=C1CCN(c2ccc(N3C[C@H](Cn4cc(F)nn4)OC3=O)cc2F)CC1. The standard InChI is InChI=1S/C19H18F2N6O2/c20-16-9-14(1-2-17(16)25-7-4-13(3-6-22)5-8-25)27-11-15(29-19(27)28)10-26-12-18(21)23-24-26/h1-3,9,12,15H,4-5,7-8,10-11H2/t15-/m0/s1. The molecule has 0 N–H and O–H groups in total. The van der Waals surface area contributed by atoms with Crippen molar-refractivity contribution in [1.82, 2.24) is 15.0 Å². The third kappa shape index (κ3) is 4.03. The van der Waals surface area contributed by atoms with Gasteiger partial charge in [-0.15, -0.1) is 0 Å². The van der Waals surface area contributed by atoms with Crippen LogP contribution >= 0.6 is 0 Å². The molecule has 0 spiro atoms. The quantitative estimate of drug-likeness (QED) is 0.734. The normalized spacial score (nSPS) is 19.3. The van der Waals surface area contributed by atoms with Gasteiger partial charge in [0.05, 0.1) is 36.7 Å². The van der Waals surface area contributed by atoms with Crippen molar-refractivity contribution >= 4 is 17.5 Å². The van der Waals surface area contributed by atoms with Gasteiger partial charge in [0.1, 0.15) is 11.9 Å². The van der Waals surface area contributed by atoms with E-state index in [2.05, 4.69) is 10.3 Å². The Morgan fingerprint density at radius 3 is 2.76 bits per heavy atom. The Balaban J connectivity index is 1.43. The number of cyclic esters (lactones) is 1. The maximum absolute atomic E-state index is 14.8. The van der Waals surface area contributed by atoms with E-state index in [4.69, 9.17) is 10.00 Å². The van der Waals surface area contributed by atoms with E-state index in [0.717, 1.165) is 24.6 Å². The molecule has 0 radical (unpaired) electrons. The second-order valence-corrected chi connectivity index (χ2v) is 6.93.